The first-order chi connectivity index (χ1) is 9.11. The molecule has 1 aromatic rings. The van der Waals surface area contributed by atoms with Gasteiger partial charge in [0, 0.05) is 24.7 Å². The number of hydrogen-bond donors (Lipinski definition) is 2. The molecular formula is C14H22N2O3. The van der Waals surface area contributed by atoms with E-state index in [9.17, 15) is 5.11 Å². The van der Waals surface area contributed by atoms with Gasteiger partial charge in [0.2, 0.25) is 0 Å². The molecule has 1 fully saturated rings. The van der Waals surface area contributed by atoms with E-state index in [2.05, 4.69) is 4.90 Å². The van der Waals surface area contributed by atoms with Crippen molar-refractivity contribution in [2.24, 2.45) is 5.73 Å². The van der Waals surface area contributed by atoms with Gasteiger partial charge in [0.15, 0.2) is 0 Å². The number of aliphatic hydroxyl groups is 1. The summed E-state index contributed by atoms with van der Waals surface area (Å²) in [7, 11) is 3.31. The first-order valence-electron chi connectivity index (χ1n) is 6.48. The first-order valence-corrected chi connectivity index (χ1v) is 6.48. The van der Waals surface area contributed by atoms with Crippen molar-refractivity contribution in [1.29, 1.82) is 0 Å². The number of methoxy groups -OCH3 is 2. The fourth-order valence-electron chi connectivity index (χ4n) is 2.39. The zero-order chi connectivity index (χ0) is 13.9. The summed E-state index contributed by atoms with van der Waals surface area (Å²) in [6.07, 6.45) is 1.54. The van der Waals surface area contributed by atoms with Gasteiger partial charge in [0.1, 0.15) is 11.5 Å². The Morgan fingerprint density at radius 2 is 1.95 bits per heavy atom. The van der Waals surface area contributed by atoms with Gasteiger partial charge in [-0.05, 0) is 25.0 Å². The maximum Gasteiger partial charge on any atom is 0.142 e. The Morgan fingerprint density at radius 1 is 1.26 bits per heavy atom. The highest BCUT2D eigenvalue weighted by Gasteiger charge is 2.30. The van der Waals surface area contributed by atoms with E-state index in [1.807, 2.05) is 18.2 Å². The van der Waals surface area contributed by atoms with Crippen molar-refractivity contribution in [3.05, 3.63) is 18.2 Å². The van der Waals surface area contributed by atoms with Gasteiger partial charge in [-0.1, -0.05) is 0 Å². The van der Waals surface area contributed by atoms with E-state index in [-0.39, 0.29) is 6.61 Å². The van der Waals surface area contributed by atoms with Gasteiger partial charge in [-0.25, -0.2) is 0 Å². The molecule has 1 aliphatic rings. The van der Waals surface area contributed by atoms with Crippen LogP contribution in [0.3, 0.4) is 0 Å². The molecule has 1 heterocycles. The summed E-state index contributed by atoms with van der Waals surface area (Å²) >= 11 is 0. The SMILES string of the molecule is COc1ccc(OC)c(N2CCC(N)(CO)CC2)c1. The van der Waals surface area contributed by atoms with Crippen LogP contribution in [-0.4, -0.2) is 44.6 Å². The van der Waals surface area contributed by atoms with E-state index in [0.717, 1.165) is 43.1 Å². The number of benzene rings is 1. The van der Waals surface area contributed by atoms with Crippen molar-refractivity contribution in [1.82, 2.24) is 0 Å². The van der Waals surface area contributed by atoms with Crippen LogP contribution in [0.1, 0.15) is 12.8 Å². The highest BCUT2D eigenvalue weighted by Crippen LogP contribution is 2.34. The molecule has 0 radical (unpaired) electrons. The van der Waals surface area contributed by atoms with E-state index in [1.54, 1.807) is 14.2 Å². The summed E-state index contributed by atoms with van der Waals surface area (Å²) in [5, 5.41) is 9.30. The van der Waals surface area contributed by atoms with Crippen LogP contribution >= 0.6 is 0 Å². The van der Waals surface area contributed by atoms with Crippen LogP contribution in [0.2, 0.25) is 0 Å². The Bertz CT molecular complexity index is 429. The minimum Gasteiger partial charge on any atom is -0.497 e. The molecule has 5 heteroatoms. The maximum absolute atomic E-state index is 9.30. The van der Waals surface area contributed by atoms with Crippen molar-refractivity contribution >= 4 is 5.69 Å². The van der Waals surface area contributed by atoms with Gasteiger partial charge in [0.05, 0.1) is 26.5 Å². The second-order valence-corrected chi connectivity index (χ2v) is 5.05. The summed E-state index contributed by atoms with van der Waals surface area (Å²) in [5.41, 5.74) is 6.67. The highest BCUT2D eigenvalue weighted by molar-refractivity contribution is 5.62. The predicted octanol–water partition coefficient (Wildman–Crippen LogP) is 0.994. The summed E-state index contributed by atoms with van der Waals surface area (Å²) in [5.74, 6) is 1.64. The monoisotopic (exact) mass is 266 g/mol. The number of ether oxygens (including phenoxy) is 2. The standard InChI is InChI=1S/C14H22N2O3/c1-18-11-3-4-13(19-2)12(9-11)16-7-5-14(15,10-17)6-8-16/h3-4,9,17H,5-8,10,15H2,1-2H3. The van der Waals surface area contributed by atoms with Gasteiger partial charge in [-0.2, -0.15) is 0 Å². The van der Waals surface area contributed by atoms with Gasteiger partial charge in [0.25, 0.3) is 0 Å². The molecule has 0 unspecified atom stereocenters. The van der Waals surface area contributed by atoms with Crippen molar-refractivity contribution in [2.75, 3.05) is 38.8 Å². The number of anilines is 1. The molecule has 106 valence electrons. The number of piperidine rings is 1. The molecule has 0 bridgehead atoms. The minimum atomic E-state index is -0.442. The van der Waals surface area contributed by atoms with Crippen molar-refractivity contribution in [2.45, 2.75) is 18.4 Å². The molecule has 19 heavy (non-hydrogen) atoms. The Morgan fingerprint density at radius 3 is 2.47 bits per heavy atom. The van der Waals surface area contributed by atoms with E-state index >= 15 is 0 Å². The second-order valence-electron chi connectivity index (χ2n) is 5.05. The number of hydrogen-bond acceptors (Lipinski definition) is 5. The Kier molecular flexibility index (Phi) is 4.17. The Balaban J connectivity index is 2.18. The molecule has 2 rings (SSSR count). The van der Waals surface area contributed by atoms with Gasteiger partial charge in [-0.15, -0.1) is 0 Å². The maximum atomic E-state index is 9.30. The third kappa shape index (κ3) is 2.93. The minimum absolute atomic E-state index is 0.0378. The molecule has 0 atom stereocenters. The van der Waals surface area contributed by atoms with Crippen molar-refractivity contribution in [3.63, 3.8) is 0 Å². The lowest BCUT2D eigenvalue weighted by Crippen LogP contribution is -2.53. The van der Waals surface area contributed by atoms with E-state index in [4.69, 9.17) is 15.2 Å². The number of rotatable bonds is 4. The molecule has 0 amide bonds. The van der Waals surface area contributed by atoms with E-state index < -0.39 is 5.54 Å². The summed E-state index contributed by atoms with van der Waals surface area (Å²) in [4.78, 5) is 2.22. The molecule has 3 N–H and O–H groups in total. The molecule has 1 saturated heterocycles. The molecule has 1 aliphatic heterocycles. The lowest BCUT2D eigenvalue weighted by atomic mass is 9.89. The topological polar surface area (TPSA) is 68.0 Å². The molecule has 0 aliphatic carbocycles. The first kappa shape index (κ1) is 14.0. The third-order valence-electron chi connectivity index (χ3n) is 3.80. The summed E-state index contributed by atoms with van der Waals surface area (Å²) < 4.78 is 10.7. The van der Waals surface area contributed by atoms with E-state index in [0.29, 0.717) is 0 Å². The van der Waals surface area contributed by atoms with Crippen LogP contribution in [0.4, 0.5) is 5.69 Å². The van der Waals surface area contributed by atoms with Crippen LogP contribution in [0.15, 0.2) is 18.2 Å². The average Bonchev–Trinajstić information content (AvgIpc) is 2.47. The van der Waals surface area contributed by atoms with Crippen LogP contribution in [-0.2, 0) is 0 Å². The highest BCUT2D eigenvalue weighted by atomic mass is 16.5. The molecule has 0 spiro atoms. The second kappa shape index (κ2) is 5.67. The summed E-state index contributed by atoms with van der Waals surface area (Å²) in [6, 6.07) is 5.76. The Hall–Kier alpha value is -1.46. The number of nitrogens with two attached hydrogens (primary N) is 1. The van der Waals surface area contributed by atoms with Gasteiger partial charge < -0.3 is 25.2 Å². The molecule has 1 aromatic carbocycles. The predicted molar refractivity (Wildman–Crippen MR) is 75.0 cm³/mol. The fourth-order valence-corrected chi connectivity index (χ4v) is 2.39. The van der Waals surface area contributed by atoms with Crippen LogP contribution in [0, 0.1) is 0 Å². The normalized spacial score (nSPS) is 18.2. The zero-order valence-corrected chi connectivity index (χ0v) is 11.6. The Labute approximate surface area is 113 Å². The molecule has 5 nitrogen and oxygen atoms in total. The van der Waals surface area contributed by atoms with Crippen molar-refractivity contribution < 1.29 is 14.6 Å². The third-order valence-corrected chi connectivity index (χ3v) is 3.80. The van der Waals surface area contributed by atoms with Crippen molar-refractivity contribution in [3.8, 4) is 11.5 Å². The molecular weight excluding hydrogens is 244 g/mol. The number of nitrogens with zero attached hydrogens (tertiary/aromatic N) is 1. The van der Waals surface area contributed by atoms with Crippen LogP contribution < -0.4 is 20.1 Å². The summed E-state index contributed by atoms with van der Waals surface area (Å²) in [6.45, 7) is 1.65. The lowest BCUT2D eigenvalue weighted by molar-refractivity contribution is 0.170. The number of aliphatic hydroxyl groups excluding tert-OH is 1. The van der Waals surface area contributed by atoms with Crippen LogP contribution in [0.25, 0.3) is 0 Å². The zero-order valence-electron chi connectivity index (χ0n) is 11.6. The fraction of sp³-hybridized carbons (Fsp3) is 0.571. The smallest absolute Gasteiger partial charge is 0.142 e. The molecule has 0 aromatic heterocycles. The average molecular weight is 266 g/mol. The van der Waals surface area contributed by atoms with E-state index in [1.165, 1.54) is 0 Å². The van der Waals surface area contributed by atoms with Gasteiger partial charge in [-0.3, -0.25) is 0 Å². The van der Waals surface area contributed by atoms with Crippen LogP contribution in [0.5, 0.6) is 11.5 Å². The quantitative estimate of drug-likeness (QED) is 0.851. The lowest BCUT2D eigenvalue weighted by Gasteiger charge is -2.39. The molecule has 0 saturated carbocycles. The van der Waals surface area contributed by atoms with Gasteiger partial charge >= 0.3 is 0 Å². The largest absolute Gasteiger partial charge is 0.497 e.